The summed E-state index contributed by atoms with van der Waals surface area (Å²) in [7, 11) is 0. The predicted molar refractivity (Wildman–Crippen MR) is 71.9 cm³/mol. The van der Waals surface area contributed by atoms with Gasteiger partial charge in [-0.2, -0.15) is 0 Å². The quantitative estimate of drug-likeness (QED) is 0.720. The van der Waals surface area contributed by atoms with E-state index >= 15 is 0 Å². The summed E-state index contributed by atoms with van der Waals surface area (Å²) < 4.78 is 5.98. The Morgan fingerprint density at radius 1 is 0.765 bits per heavy atom. The van der Waals surface area contributed by atoms with Gasteiger partial charge in [-0.3, -0.25) is 0 Å². The van der Waals surface area contributed by atoms with E-state index in [1.54, 1.807) is 0 Å². The van der Waals surface area contributed by atoms with Crippen LogP contribution in [0.5, 0.6) is 11.5 Å². The smallest absolute Gasteiger partial charge is 0.133 e. The summed E-state index contributed by atoms with van der Waals surface area (Å²) in [6.45, 7) is 8.36. The largest absolute Gasteiger partial charge is 0.457 e. The molecule has 0 radical (unpaired) electrons. The van der Waals surface area contributed by atoms with Crippen LogP contribution >= 0.6 is 0 Å². The molecule has 0 amide bonds. The lowest BCUT2D eigenvalue weighted by Gasteiger charge is -2.13. The average molecular weight is 226 g/mol. The van der Waals surface area contributed by atoms with Gasteiger partial charge in [-0.15, -0.1) is 0 Å². The van der Waals surface area contributed by atoms with E-state index in [9.17, 15) is 0 Å². The van der Waals surface area contributed by atoms with Gasteiger partial charge in [0.15, 0.2) is 0 Å². The molecule has 2 aromatic carbocycles. The molecule has 2 aromatic rings. The zero-order valence-corrected chi connectivity index (χ0v) is 10.9. The highest BCUT2D eigenvalue weighted by atomic mass is 16.5. The van der Waals surface area contributed by atoms with Crippen molar-refractivity contribution in [3.8, 4) is 11.5 Å². The van der Waals surface area contributed by atoms with Gasteiger partial charge in [-0.1, -0.05) is 29.8 Å². The summed E-state index contributed by atoms with van der Waals surface area (Å²) in [6.07, 6.45) is 0. The number of hydrogen-bond acceptors (Lipinski definition) is 1. The van der Waals surface area contributed by atoms with Crippen LogP contribution in [-0.4, -0.2) is 0 Å². The van der Waals surface area contributed by atoms with Crippen LogP contribution in [0, 0.1) is 27.7 Å². The molecule has 0 saturated heterocycles. The van der Waals surface area contributed by atoms with Crippen molar-refractivity contribution in [3.63, 3.8) is 0 Å². The van der Waals surface area contributed by atoms with Crippen molar-refractivity contribution in [1.82, 2.24) is 0 Å². The van der Waals surface area contributed by atoms with E-state index in [-0.39, 0.29) is 0 Å². The monoisotopic (exact) mass is 226 g/mol. The van der Waals surface area contributed by atoms with Gasteiger partial charge >= 0.3 is 0 Å². The molecule has 0 heterocycles. The second kappa shape index (κ2) is 4.62. The molecule has 0 atom stereocenters. The highest BCUT2D eigenvalue weighted by Gasteiger charge is 2.06. The molecule has 88 valence electrons. The first-order chi connectivity index (χ1) is 8.06. The fourth-order valence-corrected chi connectivity index (χ4v) is 2.12. The molecule has 0 aliphatic rings. The van der Waals surface area contributed by atoms with E-state index in [2.05, 4.69) is 52.0 Å². The van der Waals surface area contributed by atoms with Crippen LogP contribution in [0.4, 0.5) is 0 Å². The first-order valence-electron chi connectivity index (χ1n) is 5.88. The third-order valence-corrected chi connectivity index (χ3v) is 2.81. The molecule has 0 unspecified atom stereocenters. The van der Waals surface area contributed by atoms with Crippen molar-refractivity contribution in [2.75, 3.05) is 0 Å². The Morgan fingerprint density at radius 3 is 2.00 bits per heavy atom. The third kappa shape index (κ3) is 2.68. The molecule has 0 fully saturated rings. The van der Waals surface area contributed by atoms with Crippen LogP contribution in [0.2, 0.25) is 0 Å². The third-order valence-electron chi connectivity index (χ3n) is 2.81. The Hall–Kier alpha value is -1.76. The first kappa shape index (κ1) is 11.7. The summed E-state index contributed by atoms with van der Waals surface area (Å²) in [4.78, 5) is 0. The van der Waals surface area contributed by atoms with Crippen molar-refractivity contribution in [2.24, 2.45) is 0 Å². The van der Waals surface area contributed by atoms with Crippen molar-refractivity contribution in [1.29, 1.82) is 0 Å². The van der Waals surface area contributed by atoms with Crippen LogP contribution in [0.15, 0.2) is 36.4 Å². The van der Waals surface area contributed by atoms with E-state index in [0.717, 1.165) is 11.5 Å². The van der Waals surface area contributed by atoms with Gasteiger partial charge in [0.2, 0.25) is 0 Å². The lowest BCUT2D eigenvalue weighted by Crippen LogP contribution is -1.92. The lowest BCUT2D eigenvalue weighted by atomic mass is 10.1. The standard InChI is InChI=1S/C16H18O/c1-11-6-5-7-15(10-11)17-16-13(3)8-12(2)9-14(16)4/h5-10H,1-4H3. The molecular formula is C16H18O. The van der Waals surface area contributed by atoms with Crippen LogP contribution in [0.1, 0.15) is 22.3 Å². The summed E-state index contributed by atoms with van der Waals surface area (Å²) in [5.74, 6) is 1.88. The number of benzene rings is 2. The van der Waals surface area contributed by atoms with Crippen molar-refractivity contribution in [3.05, 3.63) is 58.7 Å². The van der Waals surface area contributed by atoms with Gasteiger partial charge in [0, 0.05) is 0 Å². The van der Waals surface area contributed by atoms with E-state index in [1.165, 1.54) is 22.3 Å². The highest BCUT2D eigenvalue weighted by Crippen LogP contribution is 2.29. The van der Waals surface area contributed by atoms with E-state index in [4.69, 9.17) is 4.74 Å². The minimum atomic E-state index is 0.903. The number of hydrogen-bond donors (Lipinski definition) is 0. The molecule has 0 N–H and O–H groups in total. The normalized spacial score (nSPS) is 10.4. The summed E-state index contributed by atoms with van der Waals surface area (Å²) in [6, 6.07) is 12.4. The van der Waals surface area contributed by atoms with Crippen LogP contribution in [0.25, 0.3) is 0 Å². The number of aryl methyl sites for hydroxylation is 4. The zero-order chi connectivity index (χ0) is 12.4. The predicted octanol–water partition coefficient (Wildman–Crippen LogP) is 4.71. The Kier molecular flexibility index (Phi) is 3.19. The summed E-state index contributed by atoms with van der Waals surface area (Å²) >= 11 is 0. The highest BCUT2D eigenvalue weighted by molar-refractivity contribution is 5.45. The Balaban J connectivity index is 2.36. The minimum absolute atomic E-state index is 0.903. The fraction of sp³-hybridized carbons (Fsp3) is 0.250. The second-order valence-corrected chi connectivity index (χ2v) is 4.65. The van der Waals surface area contributed by atoms with Gasteiger partial charge in [-0.25, -0.2) is 0 Å². The molecule has 1 nitrogen and oxygen atoms in total. The molecule has 1 heteroatoms. The SMILES string of the molecule is Cc1cccc(Oc2c(C)cc(C)cc2C)c1. The van der Waals surface area contributed by atoms with Crippen molar-refractivity contribution in [2.45, 2.75) is 27.7 Å². The maximum Gasteiger partial charge on any atom is 0.133 e. The minimum Gasteiger partial charge on any atom is -0.457 e. The number of ether oxygens (including phenoxy) is 1. The Bertz CT molecular complexity index is 518. The second-order valence-electron chi connectivity index (χ2n) is 4.65. The van der Waals surface area contributed by atoms with Crippen molar-refractivity contribution >= 4 is 0 Å². The van der Waals surface area contributed by atoms with E-state index in [0.29, 0.717) is 0 Å². The molecule has 0 bridgehead atoms. The van der Waals surface area contributed by atoms with Gasteiger partial charge < -0.3 is 4.74 Å². The first-order valence-corrected chi connectivity index (χ1v) is 5.88. The Morgan fingerprint density at radius 2 is 1.41 bits per heavy atom. The molecule has 0 spiro atoms. The van der Waals surface area contributed by atoms with E-state index < -0.39 is 0 Å². The molecule has 0 saturated carbocycles. The average Bonchev–Trinajstić information content (AvgIpc) is 2.23. The van der Waals surface area contributed by atoms with Gasteiger partial charge in [-0.05, 0) is 56.5 Å². The van der Waals surface area contributed by atoms with Crippen LogP contribution < -0.4 is 4.74 Å². The van der Waals surface area contributed by atoms with Crippen molar-refractivity contribution < 1.29 is 4.74 Å². The lowest BCUT2D eigenvalue weighted by molar-refractivity contribution is 0.474. The molecule has 17 heavy (non-hydrogen) atoms. The van der Waals surface area contributed by atoms with Gasteiger partial charge in [0.1, 0.15) is 11.5 Å². The molecule has 0 aromatic heterocycles. The molecule has 2 rings (SSSR count). The van der Waals surface area contributed by atoms with Crippen LogP contribution in [0.3, 0.4) is 0 Å². The topological polar surface area (TPSA) is 9.23 Å². The number of rotatable bonds is 2. The summed E-state index contributed by atoms with van der Waals surface area (Å²) in [5.41, 5.74) is 4.86. The maximum atomic E-state index is 5.98. The van der Waals surface area contributed by atoms with Gasteiger partial charge in [0.05, 0.1) is 0 Å². The zero-order valence-electron chi connectivity index (χ0n) is 10.9. The summed E-state index contributed by atoms with van der Waals surface area (Å²) in [5, 5.41) is 0. The maximum absolute atomic E-state index is 5.98. The fourth-order valence-electron chi connectivity index (χ4n) is 2.12. The van der Waals surface area contributed by atoms with Gasteiger partial charge in [0.25, 0.3) is 0 Å². The van der Waals surface area contributed by atoms with E-state index in [1.807, 2.05) is 12.1 Å². The molecule has 0 aliphatic carbocycles. The molecule has 0 aliphatic heterocycles. The molecular weight excluding hydrogens is 208 g/mol. The Labute approximate surface area is 103 Å². The van der Waals surface area contributed by atoms with Crippen LogP contribution in [-0.2, 0) is 0 Å².